The van der Waals surface area contributed by atoms with Gasteiger partial charge in [0.15, 0.2) is 0 Å². The Labute approximate surface area is 120 Å². The van der Waals surface area contributed by atoms with E-state index in [4.69, 9.17) is 11.6 Å². The van der Waals surface area contributed by atoms with E-state index in [0.717, 1.165) is 8.95 Å². The summed E-state index contributed by atoms with van der Waals surface area (Å²) in [6.07, 6.45) is 0. The smallest absolute Gasteiger partial charge is 0.262 e. The van der Waals surface area contributed by atoms with E-state index in [9.17, 15) is 4.79 Å². The minimum absolute atomic E-state index is 0.0235. The minimum atomic E-state index is -0.128. The molecular weight excluding hydrogens is 371 g/mol. The maximum atomic E-state index is 12.3. The summed E-state index contributed by atoms with van der Waals surface area (Å²) in [5, 5.41) is 0.755. The molecule has 1 heterocycles. The first-order chi connectivity index (χ1) is 7.91. The third-order valence-electron chi connectivity index (χ3n) is 2.40. The van der Waals surface area contributed by atoms with Crippen molar-refractivity contribution in [2.75, 3.05) is 0 Å². The largest absolute Gasteiger partial charge is 0.280 e. The normalized spacial score (nSPS) is 11.4. The van der Waals surface area contributed by atoms with Crippen LogP contribution in [-0.4, -0.2) is 9.55 Å². The van der Waals surface area contributed by atoms with Crippen LogP contribution in [0.2, 0.25) is 5.28 Å². The van der Waals surface area contributed by atoms with Crippen LogP contribution in [0.25, 0.3) is 10.9 Å². The first-order valence-electron chi connectivity index (χ1n) is 4.98. The van der Waals surface area contributed by atoms with Crippen LogP contribution in [0.1, 0.15) is 19.9 Å². The molecule has 0 aliphatic rings. The summed E-state index contributed by atoms with van der Waals surface area (Å²) in [5.74, 6) is 0. The van der Waals surface area contributed by atoms with Gasteiger partial charge >= 0.3 is 0 Å². The van der Waals surface area contributed by atoms with E-state index in [1.807, 2.05) is 19.9 Å². The molecule has 0 radical (unpaired) electrons. The van der Waals surface area contributed by atoms with Gasteiger partial charge in [-0.3, -0.25) is 9.36 Å². The van der Waals surface area contributed by atoms with Crippen molar-refractivity contribution < 1.29 is 0 Å². The van der Waals surface area contributed by atoms with Crippen LogP contribution in [0.15, 0.2) is 25.9 Å². The van der Waals surface area contributed by atoms with Crippen molar-refractivity contribution in [3.05, 3.63) is 36.7 Å². The highest BCUT2D eigenvalue weighted by Gasteiger charge is 2.14. The van der Waals surface area contributed by atoms with Gasteiger partial charge in [-0.2, -0.15) is 0 Å². The fourth-order valence-electron chi connectivity index (χ4n) is 1.65. The molecule has 0 bridgehead atoms. The Morgan fingerprint density at radius 3 is 2.59 bits per heavy atom. The van der Waals surface area contributed by atoms with Gasteiger partial charge in [-0.1, -0.05) is 15.9 Å². The Morgan fingerprint density at radius 2 is 2.00 bits per heavy atom. The van der Waals surface area contributed by atoms with Crippen molar-refractivity contribution in [1.29, 1.82) is 0 Å². The molecule has 3 nitrogen and oxygen atoms in total. The molecule has 90 valence electrons. The summed E-state index contributed by atoms with van der Waals surface area (Å²) in [7, 11) is 0. The number of fused-ring (bicyclic) bond motifs is 1. The van der Waals surface area contributed by atoms with Crippen molar-refractivity contribution in [1.82, 2.24) is 9.55 Å². The van der Waals surface area contributed by atoms with Crippen molar-refractivity contribution >= 4 is 54.4 Å². The molecule has 0 spiro atoms. The highest BCUT2D eigenvalue weighted by molar-refractivity contribution is 9.11. The second-order valence-electron chi connectivity index (χ2n) is 3.93. The molecule has 17 heavy (non-hydrogen) atoms. The number of rotatable bonds is 1. The molecule has 0 saturated carbocycles. The second kappa shape index (κ2) is 4.71. The molecule has 0 atom stereocenters. The fourth-order valence-corrected chi connectivity index (χ4v) is 3.32. The Kier molecular flexibility index (Phi) is 3.61. The van der Waals surface area contributed by atoms with Gasteiger partial charge < -0.3 is 0 Å². The number of nitrogens with zero attached hydrogens (tertiary/aromatic N) is 2. The topological polar surface area (TPSA) is 34.9 Å². The third-order valence-corrected chi connectivity index (χ3v) is 3.73. The summed E-state index contributed by atoms with van der Waals surface area (Å²) in [4.78, 5) is 16.6. The number of hydrogen-bond acceptors (Lipinski definition) is 2. The van der Waals surface area contributed by atoms with Crippen molar-refractivity contribution in [3.8, 4) is 0 Å². The highest BCUT2D eigenvalue weighted by Crippen LogP contribution is 2.26. The number of aromatic nitrogens is 2. The molecule has 6 heteroatoms. The van der Waals surface area contributed by atoms with Crippen LogP contribution < -0.4 is 5.56 Å². The predicted octanol–water partition coefficient (Wildman–Crippen LogP) is 4.16. The molecule has 1 aromatic carbocycles. The van der Waals surface area contributed by atoms with E-state index in [-0.39, 0.29) is 16.9 Å². The first kappa shape index (κ1) is 13.1. The molecule has 0 unspecified atom stereocenters. The molecular formula is C11H9Br2ClN2O. The van der Waals surface area contributed by atoms with Gasteiger partial charge in [0.2, 0.25) is 5.28 Å². The zero-order valence-corrected chi connectivity index (χ0v) is 13.1. The molecule has 0 fully saturated rings. The summed E-state index contributed by atoms with van der Waals surface area (Å²) in [5.41, 5.74) is 0.456. The van der Waals surface area contributed by atoms with Gasteiger partial charge in [0.05, 0.1) is 10.9 Å². The Balaban J connectivity index is 2.97. The molecule has 0 N–H and O–H groups in total. The average molecular weight is 380 g/mol. The van der Waals surface area contributed by atoms with Gasteiger partial charge in [-0.25, -0.2) is 4.98 Å². The van der Waals surface area contributed by atoms with Crippen LogP contribution in [0, 0.1) is 0 Å². The molecule has 0 amide bonds. The van der Waals surface area contributed by atoms with Crippen LogP contribution >= 0.6 is 43.5 Å². The lowest BCUT2D eigenvalue weighted by atomic mass is 10.2. The number of benzene rings is 1. The van der Waals surface area contributed by atoms with E-state index in [0.29, 0.717) is 10.9 Å². The van der Waals surface area contributed by atoms with E-state index in [2.05, 4.69) is 36.8 Å². The van der Waals surface area contributed by atoms with Crippen LogP contribution in [0.5, 0.6) is 0 Å². The zero-order valence-electron chi connectivity index (χ0n) is 9.17. The van der Waals surface area contributed by atoms with E-state index >= 15 is 0 Å². The molecule has 2 rings (SSSR count). The van der Waals surface area contributed by atoms with E-state index < -0.39 is 0 Å². The quantitative estimate of drug-likeness (QED) is 0.697. The summed E-state index contributed by atoms with van der Waals surface area (Å²) in [6.45, 7) is 3.79. The predicted molar refractivity (Wildman–Crippen MR) is 76.8 cm³/mol. The fraction of sp³-hybridized carbons (Fsp3) is 0.273. The van der Waals surface area contributed by atoms with E-state index in [1.54, 1.807) is 6.07 Å². The van der Waals surface area contributed by atoms with Gasteiger partial charge in [-0.15, -0.1) is 0 Å². The standard InChI is InChI=1S/C11H9Br2ClN2O/c1-5(2)16-10(17)7-3-6(12)4-8(13)9(7)15-11(16)14/h3-5H,1-2H3. The maximum Gasteiger partial charge on any atom is 0.262 e. The Hall–Kier alpha value is -0.390. The van der Waals surface area contributed by atoms with Gasteiger partial charge in [-0.05, 0) is 53.5 Å². The Bertz CT molecular complexity index is 652. The Morgan fingerprint density at radius 1 is 1.35 bits per heavy atom. The lowest BCUT2D eigenvalue weighted by Gasteiger charge is -2.13. The molecule has 1 aromatic heterocycles. The summed E-state index contributed by atoms with van der Waals surface area (Å²) >= 11 is 12.8. The monoisotopic (exact) mass is 378 g/mol. The lowest BCUT2D eigenvalue weighted by Crippen LogP contribution is -2.24. The highest BCUT2D eigenvalue weighted by atomic mass is 79.9. The van der Waals surface area contributed by atoms with Crippen molar-refractivity contribution in [2.24, 2.45) is 0 Å². The van der Waals surface area contributed by atoms with Crippen molar-refractivity contribution in [3.63, 3.8) is 0 Å². The zero-order chi connectivity index (χ0) is 12.7. The summed E-state index contributed by atoms with van der Waals surface area (Å²) < 4.78 is 3.05. The van der Waals surface area contributed by atoms with Crippen LogP contribution in [-0.2, 0) is 0 Å². The van der Waals surface area contributed by atoms with Crippen molar-refractivity contribution in [2.45, 2.75) is 19.9 Å². The van der Waals surface area contributed by atoms with Gasteiger partial charge in [0, 0.05) is 15.0 Å². The minimum Gasteiger partial charge on any atom is -0.280 e. The maximum absolute atomic E-state index is 12.3. The first-order valence-corrected chi connectivity index (χ1v) is 6.95. The second-order valence-corrected chi connectivity index (χ2v) is 6.04. The van der Waals surface area contributed by atoms with E-state index in [1.165, 1.54) is 4.57 Å². The van der Waals surface area contributed by atoms with Gasteiger partial charge in [0.1, 0.15) is 0 Å². The van der Waals surface area contributed by atoms with Crippen LogP contribution in [0.4, 0.5) is 0 Å². The lowest BCUT2D eigenvalue weighted by molar-refractivity contribution is 0.574. The molecule has 0 saturated heterocycles. The number of halogens is 3. The third kappa shape index (κ3) is 2.28. The molecule has 0 aliphatic heterocycles. The van der Waals surface area contributed by atoms with Gasteiger partial charge in [0.25, 0.3) is 5.56 Å². The molecule has 0 aliphatic carbocycles. The average Bonchev–Trinajstić information content (AvgIpc) is 2.19. The van der Waals surface area contributed by atoms with Crippen LogP contribution in [0.3, 0.4) is 0 Å². The SMILES string of the molecule is CC(C)n1c(Cl)nc2c(Br)cc(Br)cc2c1=O. The molecule has 2 aromatic rings. The number of hydrogen-bond donors (Lipinski definition) is 0. The summed E-state index contributed by atoms with van der Waals surface area (Å²) in [6, 6.07) is 3.57.